The Morgan fingerprint density at radius 1 is 1.03 bits per heavy atom. The van der Waals surface area contributed by atoms with E-state index in [4.69, 9.17) is 0 Å². The average Bonchev–Trinajstić information content (AvgIpc) is 3.38. The van der Waals surface area contributed by atoms with Crippen LogP contribution in [0.4, 0.5) is 5.69 Å². The van der Waals surface area contributed by atoms with Crippen LogP contribution >= 0.6 is 0 Å². The summed E-state index contributed by atoms with van der Waals surface area (Å²) in [6, 6.07) is 12.8. The zero-order chi connectivity index (χ0) is 24.1. The van der Waals surface area contributed by atoms with E-state index in [-0.39, 0.29) is 17.0 Å². The van der Waals surface area contributed by atoms with Crippen LogP contribution in [0, 0.1) is 0 Å². The Morgan fingerprint density at radius 2 is 1.76 bits per heavy atom. The van der Waals surface area contributed by atoms with E-state index in [1.807, 2.05) is 7.05 Å². The predicted octanol–water partition coefficient (Wildman–Crippen LogP) is 0.572. The SMILES string of the molecule is CN1CCN(S(=O)(=O)c2cccc(C(=O)NCC(=O)Nc3ccc(-n4cncn4)cc3)c2)CC1. The lowest BCUT2D eigenvalue weighted by molar-refractivity contribution is -0.115. The predicted molar refractivity (Wildman–Crippen MR) is 125 cm³/mol. The normalized spacial score (nSPS) is 15.1. The van der Waals surface area contributed by atoms with Gasteiger partial charge in [0, 0.05) is 37.4 Å². The van der Waals surface area contributed by atoms with Crippen molar-refractivity contribution in [3.63, 3.8) is 0 Å². The molecule has 12 heteroatoms. The fourth-order valence-electron chi connectivity index (χ4n) is 3.48. The van der Waals surface area contributed by atoms with E-state index in [0.29, 0.717) is 31.9 Å². The summed E-state index contributed by atoms with van der Waals surface area (Å²) < 4.78 is 28.9. The molecule has 0 unspecified atom stereocenters. The molecular weight excluding hydrogens is 458 g/mol. The van der Waals surface area contributed by atoms with Gasteiger partial charge in [0.15, 0.2) is 0 Å². The quantitative estimate of drug-likeness (QED) is 0.503. The van der Waals surface area contributed by atoms with E-state index in [0.717, 1.165) is 5.69 Å². The van der Waals surface area contributed by atoms with E-state index in [2.05, 4.69) is 25.6 Å². The minimum atomic E-state index is -3.70. The van der Waals surface area contributed by atoms with Crippen molar-refractivity contribution in [1.82, 2.24) is 29.3 Å². The first kappa shape index (κ1) is 23.5. The summed E-state index contributed by atoms with van der Waals surface area (Å²) in [5, 5.41) is 9.26. The number of benzene rings is 2. The summed E-state index contributed by atoms with van der Waals surface area (Å²) in [6.07, 6.45) is 2.99. The molecule has 0 spiro atoms. The topological polar surface area (TPSA) is 130 Å². The Kier molecular flexibility index (Phi) is 7.01. The maximum atomic E-state index is 12.9. The Bertz CT molecular complexity index is 1250. The number of rotatable bonds is 7. The van der Waals surface area contributed by atoms with Gasteiger partial charge in [-0.05, 0) is 49.5 Å². The number of amides is 2. The van der Waals surface area contributed by atoms with E-state index in [1.165, 1.54) is 34.9 Å². The summed E-state index contributed by atoms with van der Waals surface area (Å²) in [5.74, 6) is -0.949. The van der Waals surface area contributed by atoms with Gasteiger partial charge in [-0.3, -0.25) is 9.59 Å². The van der Waals surface area contributed by atoms with Crippen molar-refractivity contribution in [3.8, 4) is 5.69 Å². The van der Waals surface area contributed by atoms with Gasteiger partial charge in [-0.15, -0.1) is 0 Å². The highest BCUT2D eigenvalue weighted by Crippen LogP contribution is 2.19. The highest BCUT2D eigenvalue weighted by Gasteiger charge is 2.28. The molecule has 178 valence electrons. The van der Waals surface area contributed by atoms with Gasteiger partial charge in [-0.25, -0.2) is 18.1 Å². The zero-order valence-corrected chi connectivity index (χ0v) is 19.4. The fourth-order valence-corrected chi connectivity index (χ4v) is 4.95. The number of carbonyl (C=O) groups excluding carboxylic acids is 2. The van der Waals surface area contributed by atoms with Crippen molar-refractivity contribution in [2.75, 3.05) is 45.1 Å². The number of anilines is 1. The van der Waals surface area contributed by atoms with Crippen LogP contribution in [0.25, 0.3) is 5.69 Å². The van der Waals surface area contributed by atoms with Gasteiger partial charge in [-0.2, -0.15) is 9.40 Å². The van der Waals surface area contributed by atoms with Gasteiger partial charge in [0.1, 0.15) is 12.7 Å². The monoisotopic (exact) mass is 483 g/mol. The van der Waals surface area contributed by atoms with E-state index >= 15 is 0 Å². The molecule has 1 aliphatic rings. The molecule has 1 fully saturated rings. The van der Waals surface area contributed by atoms with Gasteiger partial charge < -0.3 is 15.5 Å². The Morgan fingerprint density at radius 3 is 2.44 bits per heavy atom. The van der Waals surface area contributed by atoms with Crippen molar-refractivity contribution in [2.24, 2.45) is 0 Å². The standard InChI is InChI=1S/C22H25N7O4S/c1-27-9-11-28(12-10-27)34(32,33)20-4-2-3-17(13-20)22(31)24-14-21(30)26-18-5-7-19(8-6-18)29-16-23-15-25-29/h2-8,13,15-16H,9-12,14H2,1H3,(H,24,31)(H,26,30). The minimum absolute atomic E-state index is 0.0571. The zero-order valence-electron chi connectivity index (χ0n) is 18.6. The molecule has 0 bridgehead atoms. The van der Waals surface area contributed by atoms with Crippen LogP contribution in [-0.4, -0.2) is 84.0 Å². The summed E-state index contributed by atoms with van der Waals surface area (Å²) in [6.45, 7) is 1.83. The summed E-state index contributed by atoms with van der Waals surface area (Å²) in [4.78, 5) is 30.8. The number of nitrogens with zero attached hydrogens (tertiary/aromatic N) is 5. The van der Waals surface area contributed by atoms with Crippen molar-refractivity contribution < 1.29 is 18.0 Å². The Labute approximate surface area is 197 Å². The number of sulfonamides is 1. The van der Waals surface area contributed by atoms with Crippen molar-refractivity contribution in [3.05, 3.63) is 66.7 Å². The first-order valence-electron chi connectivity index (χ1n) is 10.6. The molecule has 0 atom stereocenters. The molecule has 3 aromatic rings. The minimum Gasteiger partial charge on any atom is -0.343 e. The molecule has 0 saturated carbocycles. The second kappa shape index (κ2) is 10.1. The number of carbonyl (C=O) groups is 2. The van der Waals surface area contributed by atoms with Gasteiger partial charge in [0.05, 0.1) is 17.1 Å². The third-order valence-corrected chi connectivity index (χ3v) is 7.33. The van der Waals surface area contributed by atoms with Gasteiger partial charge in [-0.1, -0.05) is 6.07 Å². The highest BCUT2D eigenvalue weighted by atomic mass is 32.2. The van der Waals surface area contributed by atoms with E-state index in [1.54, 1.807) is 35.3 Å². The first-order valence-corrected chi connectivity index (χ1v) is 12.1. The molecule has 2 heterocycles. The van der Waals surface area contributed by atoms with Crippen LogP contribution in [0.3, 0.4) is 0 Å². The van der Waals surface area contributed by atoms with Crippen molar-refractivity contribution in [2.45, 2.75) is 4.90 Å². The summed E-state index contributed by atoms with van der Waals surface area (Å²) >= 11 is 0. The van der Waals surface area contributed by atoms with Gasteiger partial charge in [0.25, 0.3) is 5.91 Å². The second-order valence-electron chi connectivity index (χ2n) is 7.85. The lowest BCUT2D eigenvalue weighted by Gasteiger charge is -2.31. The van der Waals surface area contributed by atoms with Gasteiger partial charge >= 0.3 is 0 Å². The van der Waals surface area contributed by atoms with Crippen LogP contribution in [0.1, 0.15) is 10.4 Å². The molecule has 0 aliphatic carbocycles. The van der Waals surface area contributed by atoms with Crippen LogP contribution in [0.2, 0.25) is 0 Å². The molecule has 2 amide bonds. The maximum Gasteiger partial charge on any atom is 0.251 e. The maximum absolute atomic E-state index is 12.9. The molecule has 11 nitrogen and oxygen atoms in total. The molecule has 1 aliphatic heterocycles. The lowest BCUT2D eigenvalue weighted by atomic mass is 10.2. The molecule has 0 radical (unpaired) electrons. The number of piperazine rings is 1. The van der Waals surface area contributed by atoms with E-state index in [9.17, 15) is 18.0 Å². The number of nitrogens with one attached hydrogen (secondary N) is 2. The third-order valence-electron chi connectivity index (χ3n) is 5.44. The van der Waals surface area contributed by atoms with Crippen molar-refractivity contribution >= 4 is 27.5 Å². The van der Waals surface area contributed by atoms with Crippen LogP contribution in [0.5, 0.6) is 0 Å². The van der Waals surface area contributed by atoms with E-state index < -0.39 is 21.8 Å². The molecule has 34 heavy (non-hydrogen) atoms. The van der Waals surface area contributed by atoms with Crippen LogP contribution < -0.4 is 10.6 Å². The summed E-state index contributed by atoms with van der Waals surface area (Å²) in [5.41, 5.74) is 1.51. The first-order chi connectivity index (χ1) is 16.3. The molecule has 2 N–H and O–H groups in total. The highest BCUT2D eigenvalue weighted by molar-refractivity contribution is 7.89. The lowest BCUT2D eigenvalue weighted by Crippen LogP contribution is -2.47. The molecular formula is C22H25N7O4S. The molecule has 4 rings (SSSR count). The number of hydrogen-bond donors (Lipinski definition) is 2. The fraction of sp³-hybridized carbons (Fsp3) is 0.273. The number of aromatic nitrogens is 3. The number of likely N-dealkylation sites (N-methyl/N-ethyl adjacent to an activating group) is 1. The van der Waals surface area contributed by atoms with Crippen LogP contribution in [-0.2, 0) is 14.8 Å². The smallest absolute Gasteiger partial charge is 0.251 e. The number of hydrogen-bond acceptors (Lipinski definition) is 7. The average molecular weight is 484 g/mol. The molecule has 1 aromatic heterocycles. The van der Waals surface area contributed by atoms with Crippen LogP contribution in [0.15, 0.2) is 66.1 Å². The van der Waals surface area contributed by atoms with Crippen molar-refractivity contribution in [1.29, 1.82) is 0 Å². The Balaban J connectivity index is 1.33. The van der Waals surface area contributed by atoms with Gasteiger partial charge in [0.2, 0.25) is 15.9 Å². The third kappa shape index (κ3) is 5.47. The summed E-state index contributed by atoms with van der Waals surface area (Å²) in [7, 11) is -1.75. The molecule has 1 saturated heterocycles. The molecule has 2 aromatic carbocycles. The Hall–Kier alpha value is -3.61. The largest absolute Gasteiger partial charge is 0.343 e. The second-order valence-corrected chi connectivity index (χ2v) is 9.79.